The standard InChI is InChI=1S/C46H31NO/c1-4-13-32(14-5-1)34-23-26-39(27-24-34)47(38-20-8-3-9-21-38)42-29-30-43-45(41-28-25-35-17-10-11-22-40(35)46(41)48-43)44(42)37-19-12-18-36(31-37)33-15-6-2-7-16-33/h1-31H. The molecule has 0 bridgehead atoms. The first kappa shape index (κ1) is 27.9. The van der Waals surface area contributed by atoms with Crippen LogP contribution in [-0.2, 0) is 0 Å². The number of rotatable bonds is 6. The van der Waals surface area contributed by atoms with Crippen molar-refractivity contribution >= 4 is 49.8 Å². The third-order valence-electron chi connectivity index (χ3n) is 9.25. The van der Waals surface area contributed by atoms with Gasteiger partial charge >= 0.3 is 0 Å². The second kappa shape index (κ2) is 11.8. The molecule has 0 amide bonds. The molecule has 2 heteroatoms. The van der Waals surface area contributed by atoms with E-state index in [4.69, 9.17) is 4.42 Å². The molecule has 0 radical (unpaired) electrons. The summed E-state index contributed by atoms with van der Waals surface area (Å²) >= 11 is 0. The van der Waals surface area contributed by atoms with Crippen LogP contribution in [0.15, 0.2) is 192 Å². The molecule has 0 unspecified atom stereocenters. The lowest BCUT2D eigenvalue weighted by Gasteiger charge is -2.28. The van der Waals surface area contributed by atoms with E-state index in [1.807, 2.05) is 0 Å². The zero-order valence-corrected chi connectivity index (χ0v) is 26.3. The minimum Gasteiger partial charge on any atom is -0.455 e. The molecule has 9 aromatic rings. The number of hydrogen-bond acceptors (Lipinski definition) is 2. The molecule has 8 aromatic carbocycles. The van der Waals surface area contributed by atoms with Crippen LogP contribution >= 0.6 is 0 Å². The monoisotopic (exact) mass is 613 g/mol. The van der Waals surface area contributed by atoms with Crippen LogP contribution in [-0.4, -0.2) is 0 Å². The van der Waals surface area contributed by atoms with Gasteiger partial charge in [-0.3, -0.25) is 0 Å². The summed E-state index contributed by atoms with van der Waals surface area (Å²) in [6, 6.07) is 66.8. The van der Waals surface area contributed by atoms with Crippen LogP contribution in [0.25, 0.3) is 66.1 Å². The first-order chi connectivity index (χ1) is 23.8. The van der Waals surface area contributed by atoms with Crippen LogP contribution in [0.2, 0.25) is 0 Å². The Morgan fingerprint density at radius 2 is 0.958 bits per heavy atom. The van der Waals surface area contributed by atoms with Gasteiger partial charge in [0.25, 0.3) is 0 Å². The third-order valence-corrected chi connectivity index (χ3v) is 9.25. The van der Waals surface area contributed by atoms with Gasteiger partial charge in [0.1, 0.15) is 11.2 Å². The SMILES string of the molecule is c1ccc(-c2ccc(N(c3ccccc3)c3ccc4oc5c6ccccc6ccc5c4c3-c3cccc(-c4ccccc4)c3)cc2)cc1. The molecule has 1 heterocycles. The molecule has 2 nitrogen and oxygen atoms in total. The van der Waals surface area contributed by atoms with Crippen LogP contribution in [0, 0.1) is 0 Å². The lowest BCUT2D eigenvalue weighted by molar-refractivity contribution is 0.673. The van der Waals surface area contributed by atoms with Crippen molar-refractivity contribution < 1.29 is 4.42 Å². The Hall–Kier alpha value is -6.38. The van der Waals surface area contributed by atoms with E-state index in [1.54, 1.807) is 0 Å². The fourth-order valence-electron chi connectivity index (χ4n) is 6.99. The molecule has 48 heavy (non-hydrogen) atoms. The van der Waals surface area contributed by atoms with E-state index in [1.165, 1.54) is 27.6 Å². The van der Waals surface area contributed by atoms with Gasteiger partial charge in [-0.2, -0.15) is 0 Å². The lowest BCUT2D eigenvalue weighted by atomic mass is 9.93. The molecule has 226 valence electrons. The van der Waals surface area contributed by atoms with Crippen molar-refractivity contribution in [3.05, 3.63) is 188 Å². The van der Waals surface area contributed by atoms with Crippen molar-refractivity contribution in [3.63, 3.8) is 0 Å². The molecule has 9 rings (SSSR count). The summed E-state index contributed by atoms with van der Waals surface area (Å²) in [7, 11) is 0. The average molecular weight is 614 g/mol. The van der Waals surface area contributed by atoms with Gasteiger partial charge in [-0.1, -0.05) is 140 Å². The van der Waals surface area contributed by atoms with E-state index < -0.39 is 0 Å². The Labute approximate surface area is 279 Å². The van der Waals surface area contributed by atoms with Crippen LogP contribution in [0.4, 0.5) is 17.1 Å². The Morgan fingerprint density at radius 3 is 1.71 bits per heavy atom. The van der Waals surface area contributed by atoms with E-state index in [-0.39, 0.29) is 0 Å². The van der Waals surface area contributed by atoms with Crippen LogP contribution in [0.5, 0.6) is 0 Å². The maximum absolute atomic E-state index is 6.74. The second-order valence-electron chi connectivity index (χ2n) is 12.1. The van der Waals surface area contributed by atoms with Gasteiger partial charge in [0.15, 0.2) is 0 Å². The molecule has 1 aromatic heterocycles. The number of fused-ring (bicyclic) bond motifs is 5. The molecule has 0 spiro atoms. The fourth-order valence-corrected chi connectivity index (χ4v) is 6.99. The van der Waals surface area contributed by atoms with Crippen molar-refractivity contribution in [2.75, 3.05) is 4.90 Å². The largest absolute Gasteiger partial charge is 0.455 e. The normalized spacial score (nSPS) is 11.3. The topological polar surface area (TPSA) is 16.4 Å². The smallest absolute Gasteiger partial charge is 0.143 e. The lowest BCUT2D eigenvalue weighted by Crippen LogP contribution is -2.11. The molecule has 0 saturated heterocycles. The van der Waals surface area contributed by atoms with Crippen LogP contribution in [0.1, 0.15) is 0 Å². The molecule has 0 atom stereocenters. The number of para-hydroxylation sites is 1. The van der Waals surface area contributed by atoms with E-state index in [0.717, 1.165) is 55.5 Å². The molecule has 0 saturated carbocycles. The molecule has 0 aliphatic rings. The molecule has 0 aliphatic carbocycles. The van der Waals surface area contributed by atoms with Crippen molar-refractivity contribution in [2.24, 2.45) is 0 Å². The predicted molar refractivity (Wildman–Crippen MR) is 202 cm³/mol. The second-order valence-corrected chi connectivity index (χ2v) is 12.1. The van der Waals surface area contributed by atoms with Crippen LogP contribution < -0.4 is 4.90 Å². The highest BCUT2D eigenvalue weighted by Gasteiger charge is 2.23. The minimum absolute atomic E-state index is 0.873. The highest BCUT2D eigenvalue weighted by molar-refractivity contribution is 6.21. The first-order valence-corrected chi connectivity index (χ1v) is 16.4. The Bertz CT molecular complexity index is 2530. The fraction of sp³-hybridized carbons (Fsp3) is 0. The van der Waals surface area contributed by atoms with Gasteiger partial charge in [0.05, 0.1) is 5.69 Å². The van der Waals surface area contributed by atoms with Crippen molar-refractivity contribution in [1.82, 2.24) is 0 Å². The van der Waals surface area contributed by atoms with E-state index in [9.17, 15) is 0 Å². The van der Waals surface area contributed by atoms with Crippen LogP contribution in [0.3, 0.4) is 0 Å². The number of hydrogen-bond donors (Lipinski definition) is 0. The van der Waals surface area contributed by atoms with E-state index in [2.05, 4.69) is 193 Å². The summed E-state index contributed by atoms with van der Waals surface area (Å²) in [4.78, 5) is 2.37. The summed E-state index contributed by atoms with van der Waals surface area (Å²) in [6.07, 6.45) is 0. The minimum atomic E-state index is 0.873. The molecular weight excluding hydrogens is 583 g/mol. The number of nitrogens with zero attached hydrogens (tertiary/aromatic N) is 1. The highest BCUT2D eigenvalue weighted by atomic mass is 16.3. The summed E-state index contributed by atoms with van der Waals surface area (Å²) in [6.45, 7) is 0. The van der Waals surface area contributed by atoms with Gasteiger partial charge in [0.2, 0.25) is 0 Å². The van der Waals surface area contributed by atoms with Crippen molar-refractivity contribution in [2.45, 2.75) is 0 Å². The molecule has 0 aliphatic heterocycles. The van der Waals surface area contributed by atoms with Gasteiger partial charge in [-0.05, 0) is 81.7 Å². The maximum atomic E-state index is 6.74. The van der Waals surface area contributed by atoms with E-state index >= 15 is 0 Å². The summed E-state index contributed by atoms with van der Waals surface area (Å²) < 4.78 is 6.74. The van der Waals surface area contributed by atoms with Crippen molar-refractivity contribution in [1.29, 1.82) is 0 Å². The summed E-state index contributed by atoms with van der Waals surface area (Å²) in [5.74, 6) is 0. The molecule has 0 fully saturated rings. The third kappa shape index (κ3) is 4.83. The maximum Gasteiger partial charge on any atom is 0.143 e. The Morgan fingerprint density at radius 1 is 0.375 bits per heavy atom. The zero-order valence-electron chi connectivity index (χ0n) is 26.3. The average Bonchev–Trinajstić information content (AvgIpc) is 3.56. The number of anilines is 3. The number of furan rings is 1. The quantitative estimate of drug-likeness (QED) is 0.185. The number of benzene rings is 8. The van der Waals surface area contributed by atoms with Gasteiger partial charge < -0.3 is 9.32 Å². The predicted octanol–water partition coefficient (Wildman–Crippen LogP) is 13.2. The Kier molecular flexibility index (Phi) is 6.84. The zero-order chi connectivity index (χ0) is 31.9. The van der Waals surface area contributed by atoms with Gasteiger partial charge in [-0.25, -0.2) is 0 Å². The molecular formula is C46H31NO. The summed E-state index contributed by atoms with van der Waals surface area (Å²) in [5, 5.41) is 4.51. The van der Waals surface area contributed by atoms with Crippen molar-refractivity contribution in [3.8, 4) is 33.4 Å². The first-order valence-electron chi connectivity index (χ1n) is 16.4. The highest BCUT2D eigenvalue weighted by Crippen LogP contribution is 2.48. The molecule has 0 N–H and O–H groups in total. The van der Waals surface area contributed by atoms with Gasteiger partial charge in [0, 0.05) is 33.1 Å². The van der Waals surface area contributed by atoms with E-state index in [0.29, 0.717) is 0 Å². The van der Waals surface area contributed by atoms with Gasteiger partial charge in [-0.15, -0.1) is 0 Å². The summed E-state index contributed by atoms with van der Waals surface area (Å²) in [5.41, 5.74) is 12.1. The Balaban J connectivity index is 1.34.